The van der Waals surface area contributed by atoms with Gasteiger partial charge in [-0.15, -0.1) is 0 Å². The summed E-state index contributed by atoms with van der Waals surface area (Å²) in [4.78, 5) is 37.5. The smallest absolute Gasteiger partial charge is 0.294 e. The number of imide groups is 1. The number of nitrogens with one attached hydrogen (secondary N) is 1. The Balaban J connectivity index is 2.15. The van der Waals surface area contributed by atoms with Gasteiger partial charge in [-0.1, -0.05) is 0 Å². The molecule has 1 fully saturated rings. The second-order valence-corrected chi connectivity index (χ2v) is 6.21. The Morgan fingerprint density at radius 2 is 2.00 bits per heavy atom. The molecule has 1 heterocycles. The summed E-state index contributed by atoms with van der Waals surface area (Å²) < 4.78 is 15.3. The summed E-state index contributed by atoms with van der Waals surface area (Å²) in [5, 5.41) is 2.08. The molecule has 8 nitrogen and oxygen atoms in total. The molecule has 140 valence electrons. The van der Waals surface area contributed by atoms with Crippen LogP contribution in [0.3, 0.4) is 0 Å². The maximum atomic E-state index is 12.5. The van der Waals surface area contributed by atoms with Crippen LogP contribution in [0.15, 0.2) is 23.1 Å². The van der Waals surface area contributed by atoms with Gasteiger partial charge in [0.1, 0.15) is 18.0 Å². The van der Waals surface area contributed by atoms with Crippen LogP contribution in [0.25, 0.3) is 6.08 Å². The monoisotopic (exact) mass is 380 g/mol. The van der Waals surface area contributed by atoms with Crippen molar-refractivity contribution in [2.75, 3.05) is 41.0 Å². The first kappa shape index (κ1) is 19.8. The third kappa shape index (κ3) is 4.77. The van der Waals surface area contributed by atoms with Crippen molar-refractivity contribution in [1.29, 1.82) is 0 Å². The van der Waals surface area contributed by atoms with Gasteiger partial charge in [-0.25, -0.2) is 0 Å². The van der Waals surface area contributed by atoms with Crippen LogP contribution < -0.4 is 14.8 Å². The highest BCUT2D eigenvalue weighted by Gasteiger charge is 2.36. The van der Waals surface area contributed by atoms with E-state index in [2.05, 4.69) is 5.32 Å². The van der Waals surface area contributed by atoms with Crippen molar-refractivity contribution in [3.05, 3.63) is 28.7 Å². The minimum atomic E-state index is -0.522. The molecule has 1 aromatic rings. The molecule has 0 atom stereocenters. The molecule has 1 aromatic carbocycles. The first-order chi connectivity index (χ1) is 12.5. The summed E-state index contributed by atoms with van der Waals surface area (Å²) in [5.41, 5.74) is 0.599. The molecule has 0 unspecified atom stereocenters. The third-order valence-corrected chi connectivity index (χ3v) is 4.43. The van der Waals surface area contributed by atoms with E-state index in [4.69, 9.17) is 14.2 Å². The maximum absolute atomic E-state index is 12.5. The minimum Gasteiger partial charge on any atom is -0.497 e. The lowest BCUT2D eigenvalue weighted by Crippen LogP contribution is -2.40. The van der Waals surface area contributed by atoms with Crippen molar-refractivity contribution in [2.45, 2.75) is 0 Å². The fourth-order valence-corrected chi connectivity index (χ4v) is 3.05. The third-order valence-electron chi connectivity index (χ3n) is 3.53. The van der Waals surface area contributed by atoms with Crippen LogP contribution in [0.4, 0.5) is 4.79 Å². The lowest BCUT2D eigenvalue weighted by atomic mass is 10.1. The fourth-order valence-electron chi connectivity index (χ4n) is 2.22. The van der Waals surface area contributed by atoms with E-state index in [-0.39, 0.29) is 11.4 Å². The number of methoxy groups -OCH3 is 3. The van der Waals surface area contributed by atoms with Gasteiger partial charge >= 0.3 is 0 Å². The first-order valence-corrected chi connectivity index (χ1v) is 8.54. The summed E-state index contributed by atoms with van der Waals surface area (Å²) in [7, 11) is 4.55. The van der Waals surface area contributed by atoms with Crippen LogP contribution >= 0.6 is 11.8 Å². The normalized spacial score (nSPS) is 15.5. The minimum absolute atomic E-state index is 0.214. The van der Waals surface area contributed by atoms with Crippen LogP contribution in [0.1, 0.15) is 5.56 Å². The first-order valence-electron chi connectivity index (χ1n) is 7.73. The predicted molar refractivity (Wildman–Crippen MR) is 97.1 cm³/mol. The average Bonchev–Trinajstić information content (AvgIpc) is 2.89. The quantitative estimate of drug-likeness (QED) is 0.539. The van der Waals surface area contributed by atoms with E-state index in [9.17, 15) is 14.4 Å². The van der Waals surface area contributed by atoms with E-state index in [1.165, 1.54) is 21.3 Å². The van der Waals surface area contributed by atoms with E-state index in [1.54, 1.807) is 24.3 Å². The van der Waals surface area contributed by atoms with Gasteiger partial charge in [0.25, 0.3) is 11.1 Å². The van der Waals surface area contributed by atoms with Crippen molar-refractivity contribution in [3.8, 4) is 11.5 Å². The van der Waals surface area contributed by atoms with Gasteiger partial charge in [0.2, 0.25) is 5.91 Å². The molecule has 0 radical (unpaired) electrons. The predicted octanol–water partition coefficient (Wildman–Crippen LogP) is 1.50. The van der Waals surface area contributed by atoms with Crippen LogP contribution in [0, 0.1) is 0 Å². The number of carbonyl (C=O) groups is 3. The highest BCUT2D eigenvalue weighted by atomic mass is 32.2. The molecular formula is C17H20N2O6S. The van der Waals surface area contributed by atoms with E-state index >= 15 is 0 Å². The average molecular weight is 380 g/mol. The van der Waals surface area contributed by atoms with Gasteiger partial charge < -0.3 is 19.5 Å². The number of nitrogens with zero attached hydrogens (tertiary/aromatic N) is 1. The van der Waals surface area contributed by atoms with E-state index in [0.717, 1.165) is 16.7 Å². The van der Waals surface area contributed by atoms with Crippen molar-refractivity contribution in [1.82, 2.24) is 10.2 Å². The molecule has 0 saturated carbocycles. The Morgan fingerprint density at radius 1 is 1.23 bits per heavy atom. The van der Waals surface area contributed by atoms with Crippen LogP contribution in [-0.2, 0) is 14.3 Å². The van der Waals surface area contributed by atoms with Crippen molar-refractivity contribution in [3.63, 3.8) is 0 Å². The molecule has 0 aromatic heterocycles. The molecule has 1 aliphatic heterocycles. The summed E-state index contributed by atoms with van der Waals surface area (Å²) in [6.07, 6.45) is 1.55. The maximum Gasteiger partial charge on any atom is 0.294 e. The van der Waals surface area contributed by atoms with Crippen molar-refractivity contribution >= 4 is 34.9 Å². The molecule has 2 rings (SSSR count). The lowest BCUT2D eigenvalue weighted by Gasteiger charge is -2.12. The molecule has 0 aliphatic carbocycles. The Morgan fingerprint density at radius 3 is 2.65 bits per heavy atom. The summed E-state index contributed by atoms with van der Waals surface area (Å²) >= 11 is 0.777. The summed E-state index contributed by atoms with van der Waals surface area (Å²) in [5.74, 6) is 0.181. The van der Waals surface area contributed by atoms with Crippen LogP contribution in [0.5, 0.6) is 11.5 Å². The van der Waals surface area contributed by atoms with Crippen molar-refractivity contribution < 1.29 is 28.6 Å². The molecular weight excluding hydrogens is 360 g/mol. The van der Waals surface area contributed by atoms with Crippen LogP contribution in [0.2, 0.25) is 0 Å². The van der Waals surface area contributed by atoms with Gasteiger partial charge in [0.15, 0.2) is 0 Å². The zero-order valence-electron chi connectivity index (χ0n) is 14.7. The van der Waals surface area contributed by atoms with Gasteiger partial charge in [0, 0.05) is 19.2 Å². The molecule has 3 amide bonds. The Bertz CT molecular complexity index is 734. The Labute approximate surface area is 155 Å². The second kappa shape index (κ2) is 9.25. The summed E-state index contributed by atoms with van der Waals surface area (Å²) in [6, 6.07) is 5.13. The van der Waals surface area contributed by atoms with Gasteiger partial charge in [-0.2, -0.15) is 0 Å². The van der Waals surface area contributed by atoms with E-state index < -0.39 is 17.1 Å². The van der Waals surface area contributed by atoms with Crippen molar-refractivity contribution in [2.24, 2.45) is 0 Å². The molecule has 1 aliphatic rings. The Hall–Kier alpha value is -2.52. The number of ether oxygens (including phenoxy) is 3. The molecule has 1 N–H and O–H groups in total. The molecule has 1 saturated heterocycles. The van der Waals surface area contributed by atoms with Gasteiger partial charge in [-0.05, 0) is 36.0 Å². The van der Waals surface area contributed by atoms with Crippen LogP contribution in [-0.4, -0.2) is 63.0 Å². The number of thioether (sulfide) groups is 1. The van der Waals surface area contributed by atoms with Gasteiger partial charge in [-0.3, -0.25) is 19.3 Å². The fraction of sp³-hybridized carbons (Fsp3) is 0.353. The number of benzene rings is 1. The van der Waals surface area contributed by atoms with E-state index in [0.29, 0.717) is 30.2 Å². The molecule has 9 heteroatoms. The van der Waals surface area contributed by atoms with Gasteiger partial charge in [0.05, 0.1) is 25.7 Å². The lowest BCUT2D eigenvalue weighted by molar-refractivity contribution is -0.129. The number of carbonyl (C=O) groups excluding carboxylic acids is 3. The SMILES string of the molecule is COCCNC(=O)CN1C(=O)S/C(=C\c2cc(OC)ccc2OC)C1=O. The molecule has 0 spiro atoms. The van der Waals surface area contributed by atoms with E-state index in [1.807, 2.05) is 0 Å². The zero-order valence-corrected chi connectivity index (χ0v) is 15.6. The highest BCUT2D eigenvalue weighted by molar-refractivity contribution is 8.18. The highest BCUT2D eigenvalue weighted by Crippen LogP contribution is 2.34. The number of rotatable bonds is 8. The topological polar surface area (TPSA) is 94.2 Å². The molecule has 0 bridgehead atoms. The largest absolute Gasteiger partial charge is 0.497 e. The number of amides is 3. The zero-order chi connectivity index (χ0) is 19.1. The standard InChI is InChI=1S/C17H20N2O6S/c1-23-7-6-18-15(20)10-19-16(21)14(26-17(19)22)9-11-8-12(24-2)4-5-13(11)25-3/h4-5,8-9H,6-7,10H2,1-3H3,(H,18,20)/b14-9-. The summed E-state index contributed by atoms with van der Waals surface area (Å²) in [6.45, 7) is 0.326. The number of hydrogen-bond acceptors (Lipinski definition) is 7. The Kier molecular flexibility index (Phi) is 7.05. The second-order valence-electron chi connectivity index (χ2n) is 5.22. The molecule has 26 heavy (non-hydrogen) atoms. The number of hydrogen-bond donors (Lipinski definition) is 1.